The zero-order valence-electron chi connectivity index (χ0n) is 10.3. The number of hydrogen-bond acceptors (Lipinski definition) is 3. The Morgan fingerprint density at radius 1 is 1.58 bits per heavy atom. The van der Waals surface area contributed by atoms with Crippen LogP contribution in [0.25, 0.3) is 6.08 Å². The average Bonchev–Trinajstić information content (AvgIpc) is 2.70. The van der Waals surface area contributed by atoms with Crippen LogP contribution in [0.5, 0.6) is 0 Å². The maximum atomic E-state index is 12.3. The van der Waals surface area contributed by atoms with Crippen molar-refractivity contribution in [1.29, 1.82) is 0 Å². The van der Waals surface area contributed by atoms with Crippen molar-refractivity contribution in [2.45, 2.75) is 13.1 Å². The predicted octanol–water partition coefficient (Wildman–Crippen LogP) is 3.04. The maximum absolute atomic E-state index is 12.3. The first-order valence-electron chi connectivity index (χ1n) is 5.38. The Labute approximate surface area is 113 Å². The highest BCUT2D eigenvalue weighted by molar-refractivity contribution is 7.09. The van der Waals surface area contributed by atoms with Gasteiger partial charge in [0, 0.05) is 18.0 Å². The molecule has 0 N–H and O–H groups in total. The molecule has 7 heteroatoms. The minimum absolute atomic E-state index is 0.154. The van der Waals surface area contributed by atoms with E-state index >= 15 is 0 Å². The van der Waals surface area contributed by atoms with Crippen molar-refractivity contribution in [3.05, 3.63) is 34.8 Å². The highest BCUT2D eigenvalue weighted by Crippen LogP contribution is 2.17. The zero-order valence-corrected chi connectivity index (χ0v) is 11.1. The Bertz CT molecular complexity index is 480. The average molecular weight is 290 g/mol. The molecule has 104 valence electrons. The summed E-state index contributed by atoms with van der Waals surface area (Å²) in [5.74, 6) is -0.720. The fraction of sp³-hybridized carbons (Fsp3) is 0.333. The molecule has 19 heavy (non-hydrogen) atoms. The van der Waals surface area contributed by atoms with Gasteiger partial charge in [-0.05, 0) is 13.0 Å². The van der Waals surface area contributed by atoms with Gasteiger partial charge in [0.15, 0.2) is 0 Å². The van der Waals surface area contributed by atoms with Crippen LogP contribution >= 0.6 is 11.3 Å². The number of amides is 1. The number of aromatic nitrogens is 1. The van der Waals surface area contributed by atoms with Gasteiger partial charge < -0.3 is 4.90 Å². The molecule has 0 atom stereocenters. The molecule has 0 aliphatic carbocycles. The number of nitrogens with zero attached hydrogens (tertiary/aromatic N) is 2. The van der Waals surface area contributed by atoms with Gasteiger partial charge in [-0.15, -0.1) is 17.9 Å². The monoisotopic (exact) mass is 290 g/mol. The van der Waals surface area contributed by atoms with E-state index in [0.717, 1.165) is 11.1 Å². The molecule has 0 unspecified atom stereocenters. The highest BCUT2D eigenvalue weighted by Gasteiger charge is 2.31. The molecule has 1 amide bonds. The molecule has 0 aliphatic rings. The number of hydrogen-bond donors (Lipinski definition) is 0. The van der Waals surface area contributed by atoms with E-state index in [1.807, 2.05) is 0 Å². The summed E-state index contributed by atoms with van der Waals surface area (Å²) in [7, 11) is 0. The second kappa shape index (κ2) is 6.51. The third-order valence-electron chi connectivity index (χ3n) is 2.06. The molecule has 0 spiro atoms. The quantitative estimate of drug-likeness (QED) is 0.617. The van der Waals surface area contributed by atoms with Crippen LogP contribution in [0.15, 0.2) is 24.1 Å². The summed E-state index contributed by atoms with van der Waals surface area (Å²) < 4.78 is 36.9. The second-order valence-electron chi connectivity index (χ2n) is 3.75. The van der Waals surface area contributed by atoms with Gasteiger partial charge in [0.05, 0.1) is 10.7 Å². The molecule has 0 radical (unpaired) electrons. The van der Waals surface area contributed by atoms with E-state index in [2.05, 4.69) is 11.6 Å². The Hall–Kier alpha value is -1.63. The van der Waals surface area contributed by atoms with Crippen molar-refractivity contribution >= 4 is 23.3 Å². The molecular formula is C12H13F3N2OS. The van der Waals surface area contributed by atoms with Gasteiger partial charge in [-0.1, -0.05) is 6.08 Å². The third kappa shape index (κ3) is 5.69. The minimum atomic E-state index is -4.43. The summed E-state index contributed by atoms with van der Waals surface area (Å²) in [6.45, 7) is 3.69. The zero-order chi connectivity index (χ0) is 14.5. The van der Waals surface area contributed by atoms with Gasteiger partial charge in [-0.3, -0.25) is 4.79 Å². The third-order valence-corrected chi connectivity index (χ3v) is 2.86. The van der Waals surface area contributed by atoms with Crippen molar-refractivity contribution in [2.24, 2.45) is 0 Å². The van der Waals surface area contributed by atoms with Gasteiger partial charge in [0.1, 0.15) is 6.54 Å². The van der Waals surface area contributed by atoms with Crippen LogP contribution in [-0.2, 0) is 4.79 Å². The van der Waals surface area contributed by atoms with Gasteiger partial charge in [0.2, 0.25) is 5.91 Å². The lowest BCUT2D eigenvalue weighted by Crippen LogP contribution is -2.38. The molecule has 0 aliphatic heterocycles. The topological polar surface area (TPSA) is 33.2 Å². The van der Waals surface area contributed by atoms with E-state index in [1.165, 1.54) is 23.5 Å². The summed E-state index contributed by atoms with van der Waals surface area (Å²) in [6, 6.07) is 0. The molecule has 1 aromatic heterocycles. The van der Waals surface area contributed by atoms with Crippen molar-refractivity contribution in [1.82, 2.24) is 9.88 Å². The minimum Gasteiger partial charge on any atom is -0.326 e. The molecule has 0 saturated carbocycles. The molecule has 1 rings (SSSR count). The summed E-state index contributed by atoms with van der Waals surface area (Å²) in [5.41, 5.74) is 0.557. The van der Waals surface area contributed by atoms with Gasteiger partial charge in [-0.25, -0.2) is 4.98 Å². The smallest absolute Gasteiger partial charge is 0.326 e. The molecule has 0 saturated heterocycles. The van der Waals surface area contributed by atoms with Crippen LogP contribution in [0.4, 0.5) is 13.2 Å². The van der Waals surface area contributed by atoms with E-state index in [9.17, 15) is 18.0 Å². The fourth-order valence-electron chi connectivity index (χ4n) is 1.32. The van der Waals surface area contributed by atoms with E-state index in [4.69, 9.17) is 0 Å². The molecule has 1 aromatic rings. The van der Waals surface area contributed by atoms with Crippen LogP contribution in [0.1, 0.15) is 10.7 Å². The Morgan fingerprint density at radius 3 is 2.74 bits per heavy atom. The number of carbonyl (C=O) groups is 1. The molecule has 3 nitrogen and oxygen atoms in total. The number of aryl methyl sites for hydroxylation is 1. The van der Waals surface area contributed by atoms with Crippen molar-refractivity contribution in [3.63, 3.8) is 0 Å². The number of rotatable bonds is 5. The normalized spacial score (nSPS) is 11.8. The summed E-state index contributed by atoms with van der Waals surface area (Å²) in [6.07, 6.45) is -0.684. The standard InChI is InChI=1S/C12H13F3N2OS/c1-3-6-17(8-12(13,14)15)11(18)5-4-10-7-19-9(2)16-10/h3-5,7H,1,6,8H2,2H3/b5-4+. The van der Waals surface area contributed by atoms with Gasteiger partial charge in [0.25, 0.3) is 0 Å². The largest absolute Gasteiger partial charge is 0.406 e. The summed E-state index contributed by atoms with van der Waals surface area (Å²) in [4.78, 5) is 16.4. The van der Waals surface area contributed by atoms with Crippen molar-refractivity contribution < 1.29 is 18.0 Å². The van der Waals surface area contributed by atoms with Crippen LogP contribution in [0.2, 0.25) is 0 Å². The van der Waals surface area contributed by atoms with E-state index in [1.54, 1.807) is 12.3 Å². The van der Waals surface area contributed by atoms with Crippen LogP contribution < -0.4 is 0 Å². The van der Waals surface area contributed by atoms with Crippen LogP contribution in [0, 0.1) is 6.92 Å². The van der Waals surface area contributed by atoms with Gasteiger partial charge in [-0.2, -0.15) is 13.2 Å². The number of alkyl halides is 3. The SMILES string of the molecule is C=CCN(CC(F)(F)F)C(=O)/C=C/c1csc(C)n1. The molecule has 0 aromatic carbocycles. The maximum Gasteiger partial charge on any atom is 0.406 e. The highest BCUT2D eigenvalue weighted by atomic mass is 32.1. The second-order valence-corrected chi connectivity index (χ2v) is 4.81. The Kier molecular flexibility index (Phi) is 5.29. The van der Waals surface area contributed by atoms with E-state index in [-0.39, 0.29) is 6.54 Å². The van der Waals surface area contributed by atoms with E-state index < -0.39 is 18.6 Å². The molecular weight excluding hydrogens is 277 g/mol. The van der Waals surface area contributed by atoms with E-state index in [0.29, 0.717) is 10.6 Å². The number of carbonyl (C=O) groups excluding carboxylic acids is 1. The van der Waals surface area contributed by atoms with Crippen LogP contribution in [0.3, 0.4) is 0 Å². The van der Waals surface area contributed by atoms with Crippen molar-refractivity contribution in [2.75, 3.05) is 13.1 Å². The Balaban J connectivity index is 2.71. The van der Waals surface area contributed by atoms with Crippen LogP contribution in [-0.4, -0.2) is 35.1 Å². The first-order valence-corrected chi connectivity index (χ1v) is 6.26. The van der Waals surface area contributed by atoms with Crippen molar-refractivity contribution in [3.8, 4) is 0 Å². The molecule has 0 fully saturated rings. The lowest BCUT2D eigenvalue weighted by molar-refractivity contribution is -0.157. The Morgan fingerprint density at radius 2 is 2.26 bits per heavy atom. The molecule has 0 bridgehead atoms. The predicted molar refractivity (Wildman–Crippen MR) is 68.7 cm³/mol. The summed E-state index contributed by atoms with van der Waals surface area (Å²) in [5, 5.41) is 2.55. The fourth-order valence-corrected chi connectivity index (χ4v) is 1.90. The first-order chi connectivity index (χ1) is 8.81. The number of thiazole rings is 1. The molecule has 1 heterocycles. The number of halogens is 3. The van der Waals surface area contributed by atoms with Gasteiger partial charge >= 0.3 is 6.18 Å². The lowest BCUT2D eigenvalue weighted by Gasteiger charge is -2.20. The summed E-state index contributed by atoms with van der Waals surface area (Å²) >= 11 is 1.40. The lowest BCUT2D eigenvalue weighted by atomic mass is 10.3. The first kappa shape index (κ1) is 15.4.